The number of rotatable bonds is 8. The van der Waals surface area contributed by atoms with Crippen LogP contribution in [-0.4, -0.2) is 27.2 Å². The minimum Gasteiger partial charge on any atom is -0.361 e. The lowest BCUT2D eigenvalue weighted by molar-refractivity contribution is 0.380. The van der Waals surface area contributed by atoms with E-state index in [2.05, 4.69) is 32.7 Å². The summed E-state index contributed by atoms with van der Waals surface area (Å²) in [7, 11) is 0. The van der Waals surface area contributed by atoms with Crippen LogP contribution in [0.5, 0.6) is 0 Å². The van der Waals surface area contributed by atoms with Gasteiger partial charge in [0.2, 0.25) is 0 Å². The minimum atomic E-state index is -0.307. The Morgan fingerprint density at radius 1 is 1.20 bits per heavy atom. The topological polar surface area (TPSA) is 80.3 Å². The highest BCUT2D eigenvalue weighted by Gasteiger charge is 2.13. The Labute approximate surface area is 193 Å². The Balaban J connectivity index is 0.00000320. The van der Waals surface area contributed by atoms with Crippen LogP contribution in [0, 0.1) is 5.82 Å². The standard InChI is InChI=1S/C21H27FN6O.HI/c1-4-18-16(20(5-2)29-27-18)13-26-21(24-6-3)25-12-15-7-8-19(17(22)11-15)28-10-9-23-14-28;/h7-11,14H,4-6,12-13H2,1-3H3,(H2,24,25,26);1H. The lowest BCUT2D eigenvalue weighted by Crippen LogP contribution is -2.37. The Kier molecular flexibility index (Phi) is 9.28. The molecular formula is C21H28FIN6O. The Morgan fingerprint density at radius 3 is 2.67 bits per heavy atom. The molecule has 2 aromatic heterocycles. The van der Waals surface area contributed by atoms with Crippen LogP contribution in [0.25, 0.3) is 5.69 Å². The van der Waals surface area contributed by atoms with E-state index >= 15 is 0 Å². The molecule has 0 atom stereocenters. The van der Waals surface area contributed by atoms with Crippen molar-refractivity contribution >= 4 is 29.9 Å². The van der Waals surface area contributed by atoms with Crippen LogP contribution >= 0.6 is 24.0 Å². The van der Waals surface area contributed by atoms with Gasteiger partial charge in [0.25, 0.3) is 0 Å². The monoisotopic (exact) mass is 526 g/mol. The number of nitrogens with zero attached hydrogens (tertiary/aromatic N) is 4. The maximum Gasteiger partial charge on any atom is 0.191 e. The third-order valence-corrected chi connectivity index (χ3v) is 4.60. The normalized spacial score (nSPS) is 11.3. The number of aromatic nitrogens is 3. The molecule has 7 nitrogen and oxygen atoms in total. The number of imidazole rings is 1. The van der Waals surface area contributed by atoms with Crippen molar-refractivity contribution < 1.29 is 8.91 Å². The van der Waals surface area contributed by atoms with E-state index in [9.17, 15) is 4.39 Å². The first kappa shape index (κ1) is 23.8. The van der Waals surface area contributed by atoms with E-state index in [1.54, 1.807) is 29.4 Å². The molecule has 0 amide bonds. The summed E-state index contributed by atoms with van der Waals surface area (Å²) in [6, 6.07) is 5.11. The average Bonchev–Trinajstić information content (AvgIpc) is 3.39. The number of guanidine groups is 1. The van der Waals surface area contributed by atoms with E-state index < -0.39 is 0 Å². The number of aryl methyl sites for hydroxylation is 2. The summed E-state index contributed by atoms with van der Waals surface area (Å²) < 4.78 is 21.5. The zero-order chi connectivity index (χ0) is 20.6. The summed E-state index contributed by atoms with van der Waals surface area (Å²) >= 11 is 0. The van der Waals surface area contributed by atoms with E-state index in [1.165, 1.54) is 6.07 Å². The number of hydrogen-bond acceptors (Lipinski definition) is 4. The Hall–Kier alpha value is -2.43. The molecule has 0 aliphatic heterocycles. The number of halogens is 2. The summed E-state index contributed by atoms with van der Waals surface area (Å²) in [5, 5.41) is 10.7. The first-order chi connectivity index (χ1) is 14.2. The van der Waals surface area contributed by atoms with Gasteiger partial charge in [-0.15, -0.1) is 24.0 Å². The van der Waals surface area contributed by atoms with Gasteiger partial charge in [-0.3, -0.25) is 0 Å². The Bertz CT molecular complexity index is 933. The molecular weight excluding hydrogens is 498 g/mol. The lowest BCUT2D eigenvalue weighted by Gasteiger charge is -2.12. The van der Waals surface area contributed by atoms with Gasteiger partial charge in [-0.1, -0.05) is 25.1 Å². The highest BCUT2D eigenvalue weighted by atomic mass is 127. The zero-order valence-electron chi connectivity index (χ0n) is 17.5. The lowest BCUT2D eigenvalue weighted by atomic mass is 10.1. The van der Waals surface area contributed by atoms with Gasteiger partial charge in [0.05, 0.1) is 24.3 Å². The largest absolute Gasteiger partial charge is 0.361 e. The SMILES string of the molecule is CCNC(=NCc1ccc(-n2ccnc2)c(F)c1)NCc1c(CC)noc1CC.I. The van der Waals surface area contributed by atoms with Crippen molar-refractivity contribution in [2.24, 2.45) is 4.99 Å². The predicted molar refractivity (Wildman–Crippen MR) is 126 cm³/mol. The molecule has 0 saturated carbocycles. The molecule has 3 aromatic rings. The number of hydrogen-bond donors (Lipinski definition) is 2. The van der Waals surface area contributed by atoms with Crippen LogP contribution in [0.3, 0.4) is 0 Å². The molecule has 2 heterocycles. The maximum absolute atomic E-state index is 14.4. The molecule has 0 fully saturated rings. The van der Waals surface area contributed by atoms with E-state index in [0.717, 1.165) is 42.0 Å². The molecule has 1 aromatic carbocycles. The molecule has 162 valence electrons. The molecule has 9 heteroatoms. The summed E-state index contributed by atoms with van der Waals surface area (Å²) in [6.07, 6.45) is 6.51. The van der Waals surface area contributed by atoms with E-state index in [1.807, 2.05) is 19.9 Å². The molecule has 0 aliphatic rings. The van der Waals surface area contributed by atoms with Gasteiger partial charge in [-0.05, 0) is 31.0 Å². The second-order valence-corrected chi connectivity index (χ2v) is 6.54. The Morgan fingerprint density at radius 2 is 2.03 bits per heavy atom. The van der Waals surface area contributed by atoms with Crippen LogP contribution in [0.2, 0.25) is 0 Å². The maximum atomic E-state index is 14.4. The van der Waals surface area contributed by atoms with Gasteiger partial charge >= 0.3 is 0 Å². The first-order valence-electron chi connectivity index (χ1n) is 9.91. The highest BCUT2D eigenvalue weighted by Crippen LogP contribution is 2.17. The smallest absolute Gasteiger partial charge is 0.191 e. The van der Waals surface area contributed by atoms with Crippen LogP contribution in [0.1, 0.15) is 43.4 Å². The summed E-state index contributed by atoms with van der Waals surface area (Å²) in [6.45, 7) is 7.78. The molecule has 0 bridgehead atoms. The van der Waals surface area contributed by atoms with Crippen molar-refractivity contribution in [1.82, 2.24) is 25.3 Å². The fourth-order valence-corrected chi connectivity index (χ4v) is 3.08. The van der Waals surface area contributed by atoms with E-state index in [0.29, 0.717) is 24.7 Å². The summed E-state index contributed by atoms with van der Waals surface area (Å²) in [5.74, 6) is 1.25. The van der Waals surface area contributed by atoms with Crippen LogP contribution in [0.15, 0.2) is 46.4 Å². The average molecular weight is 526 g/mol. The van der Waals surface area contributed by atoms with Crippen molar-refractivity contribution in [3.63, 3.8) is 0 Å². The van der Waals surface area contributed by atoms with E-state index in [4.69, 9.17) is 4.52 Å². The van der Waals surface area contributed by atoms with Crippen LogP contribution in [-0.2, 0) is 25.9 Å². The van der Waals surface area contributed by atoms with Crippen molar-refractivity contribution in [3.8, 4) is 5.69 Å². The van der Waals surface area contributed by atoms with Gasteiger partial charge in [0, 0.05) is 37.5 Å². The summed E-state index contributed by atoms with van der Waals surface area (Å²) in [4.78, 5) is 8.54. The second kappa shape index (κ2) is 11.7. The molecule has 0 saturated heterocycles. The van der Waals surface area contributed by atoms with Gasteiger partial charge in [0.1, 0.15) is 11.6 Å². The van der Waals surface area contributed by atoms with Gasteiger partial charge in [-0.2, -0.15) is 0 Å². The quantitative estimate of drug-likeness (QED) is 0.264. The number of aliphatic imine (C=N–C) groups is 1. The van der Waals surface area contributed by atoms with Gasteiger partial charge in [-0.25, -0.2) is 14.4 Å². The summed E-state index contributed by atoms with van der Waals surface area (Å²) in [5.41, 5.74) is 3.29. The molecule has 2 N–H and O–H groups in total. The predicted octanol–water partition coefficient (Wildman–Crippen LogP) is 4.00. The molecule has 30 heavy (non-hydrogen) atoms. The van der Waals surface area contributed by atoms with Crippen LogP contribution < -0.4 is 10.6 Å². The van der Waals surface area contributed by atoms with Crippen LogP contribution in [0.4, 0.5) is 4.39 Å². The number of nitrogens with one attached hydrogen (secondary N) is 2. The molecule has 3 rings (SSSR count). The van der Waals surface area contributed by atoms with Crippen molar-refractivity contribution in [1.29, 1.82) is 0 Å². The zero-order valence-corrected chi connectivity index (χ0v) is 19.8. The van der Waals surface area contributed by atoms with E-state index in [-0.39, 0.29) is 29.8 Å². The molecule has 0 spiro atoms. The van der Waals surface area contributed by atoms with Gasteiger partial charge in [0.15, 0.2) is 5.96 Å². The van der Waals surface area contributed by atoms with Crippen molar-refractivity contribution in [2.45, 2.75) is 46.7 Å². The van der Waals surface area contributed by atoms with Crippen molar-refractivity contribution in [2.75, 3.05) is 6.54 Å². The minimum absolute atomic E-state index is 0. The molecule has 0 radical (unpaired) electrons. The highest BCUT2D eigenvalue weighted by molar-refractivity contribution is 14.0. The third kappa shape index (κ3) is 5.80. The third-order valence-electron chi connectivity index (χ3n) is 4.60. The fourth-order valence-electron chi connectivity index (χ4n) is 3.08. The fraction of sp³-hybridized carbons (Fsp3) is 0.381. The first-order valence-corrected chi connectivity index (χ1v) is 9.91. The number of benzene rings is 1. The second-order valence-electron chi connectivity index (χ2n) is 6.54. The molecule has 0 unspecified atom stereocenters. The molecule has 0 aliphatic carbocycles. The van der Waals surface area contributed by atoms with Crippen molar-refractivity contribution in [3.05, 3.63) is 65.3 Å². The van der Waals surface area contributed by atoms with Gasteiger partial charge < -0.3 is 19.7 Å².